The quantitative estimate of drug-likeness (QED) is 0.757. The molecule has 0 unspecified atom stereocenters. The number of ether oxygens (including phenoxy) is 4. The lowest BCUT2D eigenvalue weighted by atomic mass is 10.1. The van der Waals surface area contributed by atoms with Gasteiger partial charge in [-0.1, -0.05) is 6.07 Å². The zero-order valence-corrected chi connectivity index (χ0v) is 16.3. The molecular formula is C18H23NO6S. The predicted octanol–water partition coefficient (Wildman–Crippen LogP) is 2.51. The van der Waals surface area contributed by atoms with Crippen LogP contribution in [0.25, 0.3) is 0 Å². The van der Waals surface area contributed by atoms with E-state index in [2.05, 4.69) is 4.72 Å². The van der Waals surface area contributed by atoms with Crippen LogP contribution in [0.3, 0.4) is 0 Å². The third-order valence-electron chi connectivity index (χ3n) is 3.91. The van der Waals surface area contributed by atoms with Crippen molar-refractivity contribution in [3.05, 3.63) is 41.5 Å². The maximum atomic E-state index is 12.6. The van der Waals surface area contributed by atoms with Gasteiger partial charge in [0.05, 0.1) is 33.3 Å². The van der Waals surface area contributed by atoms with Crippen molar-refractivity contribution in [3.63, 3.8) is 0 Å². The monoisotopic (exact) mass is 381 g/mol. The Morgan fingerprint density at radius 1 is 0.846 bits per heavy atom. The summed E-state index contributed by atoms with van der Waals surface area (Å²) in [6.07, 6.45) is 0. The summed E-state index contributed by atoms with van der Waals surface area (Å²) in [5, 5.41) is 0. The van der Waals surface area contributed by atoms with Crippen molar-refractivity contribution in [1.29, 1.82) is 0 Å². The molecule has 26 heavy (non-hydrogen) atoms. The highest BCUT2D eigenvalue weighted by molar-refractivity contribution is 7.89. The SMILES string of the molecule is COc1ccc(S(=O)(=O)NCc2ccc(OC)c(OC)c2OC)cc1C. The molecule has 2 rings (SSSR count). The Morgan fingerprint density at radius 3 is 2.00 bits per heavy atom. The topological polar surface area (TPSA) is 83.1 Å². The van der Waals surface area contributed by atoms with E-state index in [4.69, 9.17) is 18.9 Å². The highest BCUT2D eigenvalue weighted by Crippen LogP contribution is 2.39. The average molecular weight is 381 g/mol. The van der Waals surface area contributed by atoms with Crippen molar-refractivity contribution in [3.8, 4) is 23.0 Å². The molecule has 0 spiro atoms. The van der Waals surface area contributed by atoms with Gasteiger partial charge in [0.15, 0.2) is 11.5 Å². The van der Waals surface area contributed by atoms with Gasteiger partial charge in [-0.05, 0) is 36.8 Å². The molecule has 0 radical (unpaired) electrons. The minimum atomic E-state index is -3.70. The smallest absolute Gasteiger partial charge is 0.240 e. The second kappa shape index (κ2) is 8.29. The molecule has 0 aliphatic heterocycles. The molecule has 0 fully saturated rings. The Kier molecular flexibility index (Phi) is 6.33. The molecule has 0 bridgehead atoms. The molecular weight excluding hydrogens is 358 g/mol. The normalized spacial score (nSPS) is 11.1. The number of benzene rings is 2. The van der Waals surface area contributed by atoms with Gasteiger partial charge >= 0.3 is 0 Å². The number of methoxy groups -OCH3 is 4. The van der Waals surface area contributed by atoms with Gasteiger partial charge in [0.1, 0.15) is 5.75 Å². The molecule has 0 saturated heterocycles. The minimum absolute atomic E-state index is 0.0386. The van der Waals surface area contributed by atoms with Gasteiger partial charge in [0, 0.05) is 12.1 Å². The largest absolute Gasteiger partial charge is 0.496 e. The molecule has 0 aromatic heterocycles. The van der Waals surface area contributed by atoms with Crippen molar-refractivity contribution < 1.29 is 27.4 Å². The molecule has 2 aromatic carbocycles. The summed E-state index contributed by atoms with van der Waals surface area (Å²) in [7, 11) is 2.34. The van der Waals surface area contributed by atoms with Crippen molar-refractivity contribution in [2.75, 3.05) is 28.4 Å². The van der Waals surface area contributed by atoms with Gasteiger partial charge in [-0.2, -0.15) is 0 Å². The average Bonchev–Trinajstić information content (AvgIpc) is 2.65. The van der Waals surface area contributed by atoms with E-state index in [0.29, 0.717) is 28.6 Å². The Labute approximate surface area is 153 Å². The molecule has 8 heteroatoms. The molecule has 2 aromatic rings. The number of aryl methyl sites for hydroxylation is 1. The van der Waals surface area contributed by atoms with Crippen molar-refractivity contribution >= 4 is 10.0 Å². The first kappa shape index (κ1) is 19.9. The molecule has 0 amide bonds. The molecule has 0 saturated carbocycles. The maximum absolute atomic E-state index is 12.6. The highest BCUT2D eigenvalue weighted by atomic mass is 32.2. The standard InChI is InChI=1S/C18H23NO6S/c1-12-10-14(7-9-15(12)22-2)26(20,21)19-11-13-6-8-16(23-3)18(25-5)17(13)24-4/h6-10,19H,11H2,1-5H3. The first-order valence-electron chi connectivity index (χ1n) is 7.80. The van der Waals surface area contributed by atoms with Crippen LogP contribution in [-0.4, -0.2) is 36.9 Å². The van der Waals surface area contributed by atoms with Crippen LogP contribution in [0.5, 0.6) is 23.0 Å². The van der Waals surface area contributed by atoms with Crippen molar-refractivity contribution in [1.82, 2.24) is 4.72 Å². The van der Waals surface area contributed by atoms with Crippen LogP contribution in [0.4, 0.5) is 0 Å². The number of hydrogen-bond donors (Lipinski definition) is 1. The molecule has 142 valence electrons. The van der Waals surface area contributed by atoms with E-state index in [1.54, 1.807) is 31.2 Å². The minimum Gasteiger partial charge on any atom is -0.496 e. The van der Waals surface area contributed by atoms with Crippen LogP contribution >= 0.6 is 0 Å². The van der Waals surface area contributed by atoms with E-state index in [0.717, 1.165) is 5.56 Å². The number of rotatable bonds is 8. The predicted molar refractivity (Wildman–Crippen MR) is 97.9 cm³/mol. The Morgan fingerprint density at radius 2 is 1.46 bits per heavy atom. The summed E-state index contributed by atoms with van der Waals surface area (Å²) in [4.78, 5) is 0.162. The summed E-state index contributed by atoms with van der Waals surface area (Å²) in [5.41, 5.74) is 1.36. The fourth-order valence-corrected chi connectivity index (χ4v) is 3.67. The second-order valence-corrected chi connectivity index (χ2v) is 7.22. The molecule has 0 heterocycles. The maximum Gasteiger partial charge on any atom is 0.240 e. The first-order chi connectivity index (χ1) is 12.4. The Bertz CT molecular complexity index is 879. The van der Waals surface area contributed by atoms with E-state index in [9.17, 15) is 8.42 Å². The lowest BCUT2D eigenvalue weighted by Crippen LogP contribution is -2.23. The van der Waals surface area contributed by atoms with Crippen LogP contribution in [0.15, 0.2) is 35.2 Å². The molecule has 7 nitrogen and oxygen atoms in total. The zero-order valence-electron chi connectivity index (χ0n) is 15.5. The summed E-state index contributed by atoms with van der Waals surface area (Å²) in [6.45, 7) is 1.83. The lowest BCUT2D eigenvalue weighted by Gasteiger charge is -2.16. The van der Waals surface area contributed by atoms with Crippen LogP contribution < -0.4 is 23.7 Å². The summed E-state index contributed by atoms with van der Waals surface area (Å²) in [5.74, 6) is 1.96. The first-order valence-corrected chi connectivity index (χ1v) is 9.28. The van der Waals surface area contributed by atoms with Gasteiger partial charge in [-0.3, -0.25) is 0 Å². The van der Waals surface area contributed by atoms with Crippen LogP contribution in [0.2, 0.25) is 0 Å². The van der Waals surface area contributed by atoms with Gasteiger partial charge in [0.2, 0.25) is 15.8 Å². The molecule has 1 N–H and O–H groups in total. The third-order valence-corrected chi connectivity index (χ3v) is 5.31. The highest BCUT2D eigenvalue weighted by Gasteiger charge is 2.19. The van der Waals surface area contributed by atoms with E-state index >= 15 is 0 Å². The van der Waals surface area contributed by atoms with E-state index < -0.39 is 10.0 Å². The molecule has 0 atom stereocenters. The van der Waals surface area contributed by atoms with Crippen LogP contribution in [-0.2, 0) is 16.6 Å². The number of hydrogen-bond acceptors (Lipinski definition) is 6. The Balaban J connectivity index is 2.28. The van der Waals surface area contributed by atoms with E-state index in [-0.39, 0.29) is 11.4 Å². The zero-order chi connectivity index (χ0) is 19.3. The van der Waals surface area contributed by atoms with Crippen molar-refractivity contribution in [2.45, 2.75) is 18.4 Å². The van der Waals surface area contributed by atoms with Crippen molar-refractivity contribution in [2.24, 2.45) is 0 Å². The van der Waals surface area contributed by atoms with E-state index in [1.807, 2.05) is 0 Å². The second-order valence-electron chi connectivity index (χ2n) is 5.45. The fraction of sp³-hybridized carbons (Fsp3) is 0.333. The van der Waals surface area contributed by atoms with Gasteiger partial charge in [-0.25, -0.2) is 13.1 Å². The summed E-state index contributed by atoms with van der Waals surface area (Å²) >= 11 is 0. The van der Waals surface area contributed by atoms with Gasteiger partial charge in [0.25, 0.3) is 0 Å². The van der Waals surface area contributed by atoms with Gasteiger partial charge in [-0.15, -0.1) is 0 Å². The van der Waals surface area contributed by atoms with Crippen LogP contribution in [0, 0.1) is 6.92 Å². The fourth-order valence-electron chi connectivity index (χ4n) is 2.58. The Hall–Kier alpha value is -2.45. The summed E-state index contributed by atoms with van der Waals surface area (Å²) in [6, 6.07) is 8.11. The third kappa shape index (κ3) is 4.03. The van der Waals surface area contributed by atoms with E-state index in [1.165, 1.54) is 34.5 Å². The molecule has 0 aliphatic rings. The molecule has 0 aliphatic carbocycles. The van der Waals surface area contributed by atoms with Crippen LogP contribution in [0.1, 0.15) is 11.1 Å². The summed E-state index contributed by atoms with van der Waals surface area (Å²) < 4.78 is 48.8. The van der Waals surface area contributed by atoms with Gasteiger partial charge < -0.3 is 18.9 Å². The lowest BCUT2D eigenvalue weighted by molar-refractivity contribution is 0.322. The number of sulfonamides is 1. The number of nitrogens with one attached hydrogen (secondary N) is 1.